The number of halogens is 1. The zero-order valence-electron chi connectivity index (χ0n) is 10.2. The van der Waals surface area contributed by atoms with Crippen LogP contribution < -0.4 is 5.32 Å². The Balaban J connectivity index is 2.63. The number of aliphatic hydroxyl groups is 1. The lowest BCUT2D eigenvalue weighted by molar-refractivity contribution is -0.385. The zero-order chi connectivity index (χ0) is 13.5. The lowest BCUT2D eigenvalue weighted by atomic mass is 10.0. The van der Waals surface area contributed by atoms with Gasteiger partial charge in [-0.2, -0.15) is 0 Å². The van der Waals surface area contributed by atoms with Crippen LogP contribution >= 0.6 is 22.6 Å². The minimum Gasteiger partial charge on any atom is -0.396 e. The number of aliphatic hydroxyl groups excluding tert-OH is 1. The first kappa shape index (κ1) is 15.2. The molecule has 0 spiro atoms. The number of hydrogen-bond donors (Lipinski definition) is 2. The maximum Gasteiger partial charge on any atom is 0.282 e. The molecule has 0 amide bonds. The molecule has 0 bridgehead atoms. The van der Waals surface area contributed by atoms with Crippen LogP contribution in [0.25, 0.3) is 0 Å². The quantitative estimate of drug-likeness (QED) is 0.443. The van der Waals surface area contributed by atoms with Crippen LogP contribution in [0.2, 0.25) is 0 Å². The second-order valence-electron chi connectivity index (χ2n) is 4.09. The lowest BCUT2D eigenvalue weighted by Gasteiger charge is -2.15. The highest BCUT2D eigenvalue weighted by Gasteiger charge is 2.12. The van der Waals surface area contributed by atoms with E-state index in [4.69, 9.17) is 5.11 Å². The van der Waals surface area contributed by atoms with Crippen LogP contribution in [0.5, 0.6) is 0 Å². The van der Waals surface area contributed by atoms with Crippen molar-refractivity contribution in [3.63, 3.8) is 0 Å². The summed E-state index contributed by atoms with van der Waals surface area (Å²) in [6.45, 7) is 3.05. The lowest BCUT2D eigenvalue weighted by Crippen LogP contribution is -2.15. The van der Waals surface area contributed by atoms with Gasteiger partial charge in [-0.25, -0.2) is 0 Å². The van der Waals surface area contributed by atoms with E-state index in [1.165, 1.54) is 6.07 Å². The fourth-order valence-electron chi connectivity index (χ4n) is 1.66. The summed E-state index contributed by atoms with van der Waals surface area (Å²) in [6.07, 6.45) is 1.77. The third-order valence-corrected chi connectivity index (χ3v) is 3.72. The molecule has 0 aromatic heterocycles. The molecule has 0 fully saturated rings. The van der Waals surface area contributed by atoms with Crippen molar-refractivity contribution in [2.45, 2.75) is 19.8 Å². The van der Waals surface area contributed by atoms with Crippen molar-refractivity contribution >= 4 is 34.0 Å². The van der Waals surface area contributed by atoms with Crippen molar-refractivity contribution in [2.75, 3.05) is 18.5 Å². The second-order valence-corrected chi connectivity index (χ2v) is 5.25. The molecule has 1 aromatic rings. The van der Waals surface area contributed by atoms with Crippen LogP contribution in [0.4, 0.5) is 11.4 Å². The number of anilines is 1. The average molecular weight is 364 g/mol. The Hall–Kier alpha value is -0.890. The number of nitro benzene ring substituents is 1. The number of nitro groups is 1. The molecule has 0 heterocycles. The predicted octanol–water partition coefficient (Wildman–Crippen LogP) is 3.02. The highest BCUT2D eigenvalue weighted by molar-refractivity contribution is 14.1. The summed E-state index contributed by atoms with van der Waals surface area (Å²) in [7, 11) is 0. The summed E-state index contributed by atoms with van der Waals surface area (Å²) in [5.74, 6) is 0.419. The van der Waals surface area contributed by atoms with Gasteiger partial charge in [-0.05, 0) is 47.1 Å². The second kappa shape index (κ2) is 7.52. The van der Waals surface area contributed by atoms with E-state index >= 15 is 0 Å². The van der Waals surface area contributed by atoms with Crippen LogP contribution in [-0.2, 0) is 0 Å². The van der Waals surface area contributed by atoms with Gasteiger partial charge in [0.25, 0.3) is 5.69 Å². The highest BCUT2D eigenvalue weighted by atomic mass is 127. The fourth-order valence-corrected chi connectivity index (χ4v) is 2.37. The van der Waals surface area contributed by atoms with Crippen molar-refractivity contribution in [3.05, 3.63) is 31.9 Å². The van der Waals surface area contributed by atoms with Crippen LogP contribution in [0.1, 0.15) is 19.8 Å². The van der Waals surface area contributed by atoms with Crippen molar-refractivity contribution in [2.24, 2.45) is 5.92 Å². The van der Waals surface area contributed by atoms with E-state index in [1.807, 2.05) is 22.6 Å². The van der Waals surface area contributed by atoms with Gasteiger partial charge in [-0.15, -0.1) is 0 Å². The third kappa shape index (κ3) is 4.41. The topological polar surface area (TPSA) is 75.4 Å². The summed E-state index contributed by atoms with van der Waals surface area (Å²) in [5, 5.41) is 22.8. The van der Waals surface area contributed by atoms with Gasteiger partial charge in [0, 0.05) is 24.9 Å². The summed E-state index contributed by atoms with van der Waals surface area (Å²) in [6, 6.07) is 4.99. The first-order valence-electron chi connectivity index (χ1n) is 5.87. The highest BCUT2D eigenvalue weighted by Crippen LogP contribution is 2.24. The number of hydrogen-bond acceptors (Lipinski definition) is 4. The Bertz CT molecular complexity index is 412. The molecule has 0 radical (unpaired) electrons. The van der Waals surface area contributed by atoms with Crippen molar-refractivity contribution in [3.8, 4) is 0 Å². The monoisotopic (exact) mass is 364 g/mol. The number of rotatable bonds is 7. The third-order valence-electron chi connectivity index (χ3n) is 2.85. The van der Waals surface area contributed by atoms with Gasteiger partial charge in [-0.3, -0.25) is 10.1 Å². The molecule has 0 saturated carbocycles. The molecule has 100 valence electrons. The normalized spacial score (nSPS) is 12.2. The van der Waals surface area contributed by atoms with E-state index in [0.29, 0.717) is 9.49 Å². The molecule has 0 saturated heterocycles. The molecule has 0 aliphatic heterocycles. The molecular formula is C12H17IN2O3. The van der Waals surface area contributed by atoms with Gasteiger partial charge in [0.05, 0.1) is 8.49 Å². The Morgan fingerprint density at radius 1 is 1.56 bits per heavy atom. The summed E-state index contributed by atoms with van der Waals surface area (Å²) in [5.41, 5.74) is 1.00. The van der Waals surface area contributed by atoms with Crippen LogP contribution in [-0.4, -0.2) is 23.2 Å². The van der Waals surface area contributed by atoms with E-state index in [0.717, 1.165) is 25.1 Å². The zero-order valence-corrected chi connectivity index (χ0v) is 12.4. The number of benzene rings is 1. The van der Waals surface area contributed by atoms with Gasteiger partial charge < -0.3 is 10.4 Å². The SMILES string of the molecule is CCC(CCO)CNc1ccc([N+](=O)[O-])c(I)c1. The van der Waals surface area contributed by atoms with E-state index in [9.17, 15) is 10.1 Å². The van der Waals surface area contributed by atoms with Crippen LogP contribution in [0.3, 0.4) is 0 Å². The Morgan fingerprint density at radius 3 is 2.78 bits per heavy atom. The Kier molecular flexibility index (Phi) is 6.34. The molecule has 0 aliphatic carbocycles. The van der Waals surface area contributed by atoms with Crippen LogP contribution in [0.15, 0.2) is 18.2 Å². The standard InChI is InChI=1S/C12H17IN2O3/c1-2-9(5-6-16)8-14-10-3-4-12(15(17)18)11(13)7-10/h3-4,7,9,14,16H,2,5-6,8H2,1H3. The maximum absolute atomic E-state index is 10.7. The molecular weight excluding hydrogens is 347 g/mol. The molecule has 1 aromatic carbocycles. The van der Waals surface area contributed by atoms with Gasteiger partial charge >= 0.3 is 0 Å². The molecule has 1 atom stereocenters. The molecule has 6 heteroatoms. The molecule has 0 aliphatic rings. The van der Waals surface area contributed by atoms with Crippen molar-refractivity contribution in [1.82, 2.24) is 0 Å². The minimum absolute atomic E-state index is 0.128. The molecule has 1 unspecified atom stereocenters. The molecule has 1 rings (SSSR count). The molecule has 2 N–H and O–H groups in total. The van der Waals surface area contributed by atoms with Gasteiger partial charge in [0.15, 0.2) is 0 Å². The smallest absolute Gasteiger partial charge is 0.282 e. The maximum atomic E-state index is 10.7. The van der Waals surface area contributed by atoms with Crippen LogP contribution in [0, 0.1) is 19.6 Å². The van der Waals surface area contributed by atoms with E-state index < -0.39 is 0 Å². The fraction of sp³-hybridized carbons (Fsp3) is 0.500. The number of nitrogens with one attached hydrogen (secondary N) is 1. The predicted molar refractivity (Wildman–Crippen MR) is 79.8 cm³/mol. The van der Waals surface area contributed by atoms with Gasteiger partial charge in [-0.1, -0.05) is 13.3 Å². The van der Waals surface area contributed by atoms with Crippen molar-refractivity contribution < 1.29 is 10.0 Å². The largest absolute Gasteiger partial charge is 0.396 e. The van der Waals surface area contributed by atoms with Gasteiger partial charge in [0.2, 0.25) is 0 Å². The van der Waals surface area contributed by atoms with Crippen molar-refractivity contribution in [1.29, 1.82) is 0 Å². The van der Waals surface area contributed by atoms with E-state index in [1.54, 1.807) is 12.1 Å². The van der Waals surface area contributed by atoms with E-state index in [-0.39, 0.29) is 17.2 Å². The Morgan fingerprint density at radius 2 is 2.28 bits per heavy atom. The van der Waals surface area contributed by atoms with E-state index in [2.05, 4.69) is 12.2 Å². The average Bonchev–Trinajstić information content (AvgIpc) is 2.34. The first-order valence-corrected chi connectivity index (χ1v) is 6.95. The summed E-state index contributed by atoms with van der Waals surface area (Å²) < 4.78 is 0.623. The summed E-state index contributed by atoms with van der Waals surface area (Å²) >= 11 is 1.96. The van der Waals surface area contributed by atoms with Gasteiger partial charge in [0.1, 0.15) is 0 Å². The summed E-state index contributed by atoms with van der Waals surface area (Å²) in [4.78, 5) is 10.3. The molecule has 5 nitrogen and oxygen atoms in total. The Labute approximate surface area is 120 Å². The first-order chi connectivity index (χ1) is 8.58. The number of nitrogens with zero attached hydrogens (tertiary/aromatic N) is 1. The minimum atomic E-state index is -0.383. The molecule has 18 heavy (non-hydrogen) atoms.